The molecule has 0 bridgehead atoms. The largest absolute Gasteiger partial charge is 0.334 e. The van der Waals surface area contributed by atoms with Gasteiger partial charge in [-0.3, -0.25) is 4.68 Å². The number of aromatic nitrogens is 2. The van der Waals surface area contributed by atoms with Gasteiger partial charge in [0.05, 0.1) is 6.20 Å². The average molecular weight is 318 g/mol. The zero-order valence-corrected chi connectivity index (χ0v) is 13.8. The molecule has 1 aromatic carbocycles. The van der Waals surface area contributed by atoms with E-state index in [1.54, 1.807) is 15.8 Å². The number of amides is 2. The molecule has 6 heteroatoms. The van der Waals surface area contributed by atoms with E-state index >= 15 is 0 Å². The van der Waals surface area contributed by atoms with Crippen LogP contribution in [0.4, 0.5) is 4.79 Å². The molecule has 0 aliphatic heterocycles. The van der Waals surface area contributed by atoms with E-state index in [1.807, 2.05) is 50.3 Å². The Labute approximate surface area is 135 Å². The minimum Gasteiger partial charge on any atom is -0.334 e. The van der Waals surface area contributed by atoms with Crippen molar-refractivity contribution in [2.24, 2.45) is 7.05 Å². The van der Waals surface area contributed by atoms with E-state index < -0.39 is 0 Å². The van der Waals surface area contributed by atoms with Crippen LogP contribution in [-0.4, -0.2) is 40.1 Å². The molecule has 0 radical (unpaired) electrons. The van der Waals surface area contributed by atoms with E-state index in [9.17, 15) is 4.79 Å². The molecule has 118 valence electrons. The van der Waals surface area contributed by atoms with Crippen molar-refractivity contribution in [1.29, 1.82) is 0 Å². The third-order valence-electron chi connectivity index (χ3n) is 3.20. The number of rotatable bonds is 7. The lowest BCUT2D eigenvalue weighted by molar-refractivity contribution is 0.208. The number of nitrogens with zero attached hydrogens (tertiary/aromatic N) is 3. The van der Waals surface area contributed by atoms with E-state index in [0.29, 0.717) is 6.54 Å². The van der Waals surface area contributed by atoms with Crippen LogP contribution in [0.1, 0.15) is 12.0 Å². The van der Waals surface area contributed by atoms with Crippen molar-refractivity contribution in [3.05, 3.63) is 48.3 Å². The molecule has 1 heterocycles. The van der Waals surface area contributed by atoms with Crippen molar-refractivity contribution >= 4 is 17.8 Å². The van der Waals surface area contributed by atoms with E-state index in [-0.39, 0.29) is 6.03 Å². The third-order valence-corrected chi connectivity index (χ3v) is 4.30. The summed E-state index contributed by atoms with van der Waals surface area (Å²) in [6, 6.07) is 10.3. The molecule has 0 spiro atoms. The SMILES string of the molecule is CN(CCCSc1ccccc1)C(=O)NCc1cnn(C)c1. The molecule has 0 fully saturated rings. The zero-order chi connectivity index (χ0) is 15.8. The third kappa shape index (κ3) is 5.44. The number of carbonyl (C=O) groups is 1. The maximum absolute atomic E-state index is 12.0. The standard InChI is InChI=1S/C16H22N4OS/c1-19(9-6-10-22-15-7-4-3-5-8-15)16(21)17-11-14-12-18-20(2)13-14/h3-5,7-8,12-13H,6,9-11H2,1-2H3,(H,17,21). The van der Waals surface area contributed by atoms with Gasteiger partial charge in [0, 0.05) is 43.8 Å². The van der Waals surface area contributed by atoms with Gasteiger partial charge in [-0.15, -0.1) is 11.8 Å². The molecule has 1 N–H and O–H groups in total. The molecule has 0 atom stereocenters. The first-order valence-corrected chi connectivity index (χ1v) is 8.28. The summed E-state index contributed by atoms with van der Waals surface area (Å²) in [6.45, 7) is 1.26. The number of thioether (sulfide) groups is 1. The van der Waals surface area contributed by atoms with Crippen LogP contribution < -0.4 is 5.32 Å². The molecule has 0 saturated carbocycles. The first-order chi connectivity index (χ1) is 10.6. The average Bonchev–Trinajstić information content (AvgIpc) is 2.95. The molecule has 2 rings (SSSR count). The summed E-state index contributed by atoms with van der Waals surface area (Å²) in [6.07, 6.45) is 4.63. The van der Waals surface area contributed by atoms with Gasteiger partial charge in [-0.1, -0.05) is 18.2 Å². The van der Waals surface area contributed by atoms with Crippen molar-refractivity contribution in [3.8, 4) is 0 Å². The minimum absolute atomic E-state index is 0.0476. The van der Waals surface area contributed by atoms with Crippen LogP contribution in [0.3, 0.4) is 0 Å². The summed E-state index contributed by atoms with van der Waals surface area (Å²) in [5.74, 6) is 1.00. The summed E-state index contributed by atoms with van der Waals surface area (Å²) in [5, 5.41) is 6.98. The maximum atomic E-state index is 12.0. The van der Waals surface area contributed by atoms with Crippen LogP contribution in [-0.2, 0) is 13.6 Å². The Hall–Kier alpha value is -1.95. The number of benzene rings is 1. The van der Waals surface area contributed by atoms with E-state index in [4.69, 9.17) is 0 Å². The first kappa shape index (κ1) is 16.4. The molecule has 2 aromatic rings. The summed E-state index contributed by atoms with van der Waals surface area (Å²) in [5.41, 5.74) is 1.00. The van der Waals surface area contributed by atoms with Crippen LogP contribution in [0.15, 0.2) is 47.6 Å². The van der Waals surface area contributed by atoms with Gasteiger partial charge in [0.25, 0.3) is 0 Å². The Morgan fingerprint density at radius 1 is 1.36 bits per heavy atom. The van der Waals surface area contributed by atoms with Gasteiger partial charge in [0.15, 0.2) is 0 Å². The first-order valence-electron chi connectivity index (χ1n) is 7.29. The van der Waals surface area contributed by atoms with Crippen molar-refractivity contribution in [2.75, 3.05) is 19.3 Å². The van der Waals surface area contributed by atoms with Gasteiger partial charge >= 0.3 is 6.03 Å². The van der Waals surface area contributed by atoms with Gasteiger partial charge < -0.3 is 10.2 Å². The number of hydrogen-bond donors (Lipinski definition) is 1. The monoisotopic (exact) mass is 318 g/mol. The van der Waals surface area contributed by atoms with Gasteiger partial charge in [0.1, 0.15) is 0 Å². The van der Waals surface area contributed by atoms with Crippen LogP contribution in [0.25, 0.3) is 0 Å². The molecule has 22 heavy (non-hydrogen) atoms. The molecule has 1 aromatic heterocycles. The highest BCUT2D eigenvalue weighted by molar-refractivity contribution is 7.99. The molecule has 0 aliphatic carbocycles. The van der Waals surface area contributed by atoms with Crippen LogP contribution >= 0.6 is 11.8 Å². The Morgan fingerprint density at radius 3 is 2.82 bits per heavy atom. The van der Waals surface area contributed by atoms with Crippen LogP contribution in [0, 0.1) is 0 Å². The minimum atomic E-state index is -0.0476. The summed E-state index contributed by atoms with van der Waals surface area (Å²) in [7, 11) is 3.69. The second-order valence-corrected chi connectivity index (χ2v) is 6.29. The number of carbonyl (C=O) groups excluding carboxylic acids is 1. The Bertz CT molecular complexity index is 585. The fraction of sp³-hybridized carbons (Fsp3) is 0.375. The van der Waals surface area contributed by atoms with Gasteiger partial charge in [-0.25, -0.2) is 4.79 Å². The number of aryl methyl sites for hydroxylation is 1. The van der Waals surface area contributed by atoms with Crippen LogP contribution in [0.2, 0.25) is 0 Å². The summed E-state index contributed by atoms with van der Waals surface area (Å²) in [4.78, 5) is 15.0. The Balaban J connectivity index is 1.62. The van der Waals surface area contributed by atoms with Crippen molar-refractivity contribution in [3.63, 3.8) is 0 Å². The number of urea groups is 1. The molecular formula is C16H22N4OS. The topological polar surface area (TPSA) is 50.2 Å². The normalized spacial score (nSPS) is 10.5. The lowest BCUT2D eigenvalue weighted by Crippen LogP contribution is -2.37. The lowest BCUT2D eigenvalue weighted by Gasteiger charge is -2.17. The molecular weight excluding hydrogens is 296 g/mol. The fourth-order valence-electron chi connectivity index (χ4n) is 1.99. The van der Waals surface area contributed by atoms with Crippen LogP contribution in [0.5, 0.6) is 0 Å². The summed E-state index contributed by atoms with van der Waals surface area (Å²) < 4.78 is 1.73. The van der Waals surface area contributed by atoms with Crippen molar-refractivity contribution in [2.45, 2.75) is 17.9 Å². The predicted molar refractivity (Wildman–Crippen MR) is 89.9 cm³/mol. The molecule has 0 saturated heterocycles. The quantitative estimate of drug-likeness (QED) is 0.631. The molecule has 2 amide bonds. The molecule has 0 aliphatic rings. The number of nitrogens with one attached hydrogen (secondary N) is 1. The fourth-order valence-corrected chi connectivity index (χ4v) is 2.84. The predicted octanol–water partition coefficient (Wildman–Crippen LogP) is 2.74. The second-order valence-electron chi connectivity index (χ2n) is 5.12. The van der Waals surface area contributed by atoms with Crippen molar-refractivity contribution < 1.29 is 4.79 Å². The summed E-state index contributed by atoms with van der Waals surface area (Å²) >= 11 is 1.82. The molecule has 0 unspecified atom stereocenters. The highest BCUT2D eigenvalue weighted by Crippen LogP contribution is 2.17. The Morgan fingerprint density at radius 2 is 2.14 bits per heavy atom. The smallest absolute Gasteiger partial charge is 0.317 e. The highest BCUT2D eigenvalue weighted by Gasteiger charge is 2.08. The second kappa shape index (κ2) is 8.48. The van der Waals surface area contributed by atoms with E-state index in [1.165, 1.54) is 4.90 Å². The lowest BCUT2D eigenvalue weighted by atomic mass is 10.3. The van der Waals surface area contributed by atoms with Crippen molar-refractivity contribution in [1.82, 2.24) is 20.0 Å². The number of hydrogen-bond acceptors (Lipinski definition) is 3. The van der Waals surface area contributed by atoms with Gasteiger partial charge in [0.2, 0.25) is 0 Å². The van der Waals surface area contributed by atoms with Gasteiger partial charge in [-0.2, -0.15) is 5.10 Å². The Kier molecular flexibility index (Phi) is 6.33. The van der Waals surface area contributed by atoms with E-state index in [0.717, 1.165) is 24.3 Å². The highest BCUT2D eigenvalue weighted by atomic mass is 32.2. The van der Waals surface area contributed by atoms with Gasteiger partial charge in [-0.05, 0) is 24.3 Å². The zero-order valence-electron chi connectivity index (χ0n) is 13.0. The maximum Gasteiger partial charge on any atom is 0.317 e. The van der Waals surface area contributed by atoms with E-state index in [2.05, 4.69) is 22.5 Å². The molecule has 5 nitrogen and oxygen atoms in total.